The van der Waals surface area contributed by atoms with Crippen LogP contribution in [0.1, 0.15) is 41.3 Å². The summed E-state index contributed by atoms with van der Waals surface area (Å²) in [6.45, 7) is 4.02. The lowest BCUT2D eigenvalue weighted by atomic mass is 10.2. The summed E-state index contributed by atoms with van der Waals surface area (Å²) in [5.74, 6) is 0.474. The number of aromatic nitrogens is 5. The van der Waals surface area contributed by atoms with Gasteiger partial charge in [0.25, 0.3) is 5.91 Å². The van der Waals surface area contributed by atoms with E-state index in [9.17, 15) is 4.79 Å². The van der Waals surface area contributed by atoms with Gasteiger partial charge in [0.2, 0.25) is 0 Å². The van der Waals surface area contributed by atoms with Crippen molar-refractivity contribution in [3.8, 4) is 0 Å². The van der Waals surface area contributed by atoms with Gasteiger partial charge in [0.15, 0.2) is 5.69 Å². The van der Waals surface area contributed by atoms with Crippen molar-refractivity contribution in [3.63, 3.8) is 0 Å². The summed E-state index contributed by atoms with van der Waals surface area (Å²) < 4.78 is 0. The monoisotopic (exact) mass is 284 g/mol. The normalized spacial score (nSPS) is 12.5. The number of imidazole rings is 1. The molecular weight excluding hydrogens is 268 g/mol. The van der Waals surface area contributed by atoms with Crippen molar-refractivity contribution >= 4 is 16.9 Å². The molecule has 0 unspecified atom stereocenters. The van der Waals surface area contributed by atoms with Crippen molar-refractivity contribution in [2.45, 2.75) is 26.3 Å². The molecule has 1 atom stereocenters. The highest BCUT2D eigenvalue weighted by Gasteiger charge is 2.18. The number of nitrogens with zero attached hydrogens (tertiary/aromatic N) is 3. The molecule has 2 aromatic heterocycles. The van der Waals surface area contributed by atoms with E-state index >= 15 is 0 Å². The van der Waals surface area contributed by atoms with E-state index < -0.39 is 0 Å². The first-order valence-electron chi connectivity index (χ1n) is 6.80. The highest BCUT2D eigenvalue weighted by atomic mass is 16.2. The number of H-pyrrole nitrogens is 2. The average Bonchev–Trinajstić information content (AvgIpc) is 3.12. The van der Waals surface area contributed by atoms with Gasteiger partial charge in [-0.15, -0.1) is 0 Å². The van der Waals surface area contributed by atoms with Gasteiger partial charge in [-0.05, 0) is 31.0 Å². The van der Waals surface area contributed by atoms with Crippen LogP contribution >= 0.6 is 0 Å². The molecule has 0 fully saturated rings. The fraction of sp³-hybridized carbons (Fsp3) is 0.286. The van der Waals surface area contributed by atoms with Crippen molar-refractivity contribution in [1.82, 2.24) is 30.7 Å². The Morgan fingerprint density at radius 1 is 1.43 bits per heavy atom. The lowest BCUT2D eigenvalue weighted by Gasteiger charge is -2.13. The van der Waals surface area contributed by atoms with E-state index in [1.54, 1.807) is 0 Å². The molecule has 0 saturated heterocycles. The molecule has 0 aliphatic carbocycles. The minimum absolute atomic E-state index is 0.193. The number of amides is 1. The van der Waals surface area contributed by atoms with E-state index in [0.29, 0.717) is 0 Å². The fourth-order valence-electron chi connectivity index (χ4n) is 2.22. The molecule has 0 aliphatic heterocycles. The van der Waals surface area contributed by atoms with Gasteiger partial charge in [-0.3, -0.25) is 4.79 Å². The number of benzene rings is 1. The smallest absolute Gasteiger partial charge is 0.274 e. The van der Waals surface area contributed by atoms with Gasteiger partial charge in [0.05, 0.1) is 23.3 Å². The zero-order valence-corrected chi connectivity index (χ0v) is 11.8. The molecule has 7 nitrogen and oxygen atoms in total. The van der Waals surface area contributed by atoms with Crippen LogP contribution in [0.25, 0.3) is 11.0 Å². The summed E-state index contributed by atoms with van der Waals surface area (Å²) in [4.78, 5) is 19.9. The third-order valence-corrected chi connectivity index (χ3v) is 3.35. The van der Waals surface area contributed by atoms with Gasteiger partial charge in [-0.2, -0.15) is 15.4 Å². The summed E-state index contributed by atoms with van der Waals surface area (Å²) in [5, 5.41) is 12.7. The largest absolute Gasteiger partial charge is 0.341 e. The molecule has 3 aromatic rings. The van der Waals surface area contributed by atoms with Crippen LogP contribution < -0.4 is 5.32 Å². The number of aromatic amines is 2. The van der Waals surface area contributed by atoms with Gasteiger partial charge < -0.3 is 10.3 Å². The summed E-state index contributed by atoms with van der Waals surface area (Å²) in [5.41, 5.74) is 3.29. The Kier molecular flexibility index (Phi) is 3.39. The van der Waals surface area contributed by atoms with Crippen molar-refractivity contribution in [1.29, 1.82) is 0 Å². The van der Waals surface area contributed by atoms with Gasteiger partial charge in [-0.25, -0.2) is 4.98 Å². The molecule has 0 radical (unpaired) electrons. The van der Waals surface area contributed by atoms with Gasteiger partial charge >= 0.3 is 0 Å². The number of rotatable bonds is 4. The SMILES string of the molecule is CC[C@H](NC(=O)c1cn[nH]n1)c1nc2ccc(C)cc2[nH]1. The second-order valence-corrected chi connectivity index (χ2v) is 4.93. The minimum Gasteiger partial charge on any atom is -0.341 e. The molecule has 0 spiro atoms. The Bertz CT molecular complexity index is 761. The maximum Gasteiger partial charge on any atom is 0.274 e. The van der Waals surface area contributed by atoms with Crippen LogP contribution in [0.5, 0.6) is 0 Å². The van der Waals surface area contributed by atoms with Crippen LogP contribution in [-0.2, 0) is 0 Å². The zero-order chi connectivity index (χ0) is 14.8. The van der Waals surface area contributed by atoms with Crippen LogP contribution in [0.3, 0.4) is 0 Å². The first kappa shape index (κ1) is 13.3. The van der Waals surface area contributed by atoms with Crippen molar-refractivity contribution < 1.29 is 4.79 Å². The molecular formula is C14H16N6O. The summed E-state index contributed by atoms with van der Waals surface area (Å²) in [6.07, 6.45) is 2.12. The minimum atomic E-state index is -0.271. The Morgan fingerprint density at radius 2 is 2.29 bits per heavy atom. The Morgan fingerprint density at radius 3 is 3.00 bits per heavy atom. The molecule has 0 aliphatic rings. The third-order valence-electron chi connectivity index (χ3n) is 3.35. The van der Waals surface area contributed by atoms with Crippen molar-refractivity contribution in [2.75, 3.05) is 0 Å². The maximum atomic E-state index is 12.0. The van der Waals surface area contributed by atoms with Crippen LogP contribution in [0, 0.1) is 6.92 Å². The van der Waals surface area contributed by atoms with Crippen LogP contribution in [0.4, 0.5) is 0 Å². The average molecular weight is 284 g/mol. The van der Waals surface area contributed by atoms with Crippen LogP contribution in [0.15, 0.2) is 24.4 Å². The zero-order valence-electron chi connectivity index (χ0n) is 11.8. The summed E-state index contributed by atoms with van der Waals surface area (Å²) in [7, 11) is 0. The number of fused-ring (bicyclic) bond motifs is 1. The van der Waals surface area contributed by atoms with Crippen LogP contribution in [0.2, 0.25) is 0 Å². The van der Waals surface area contributed by atoms with Gasteiger partial charge in [0, 0.05) is 0 Å². The topological polar surface area (TPSA) is 99.3 Å². The third kappa shape index (κ3) is 2.62. The molecule has 1 aromatic carbocycles. The number of hydrogen-bond donors (Lipinski definition) is 3. The van der Waals surface area contributed by atoms with E-state index in [-0.39, 0.29) is 17.6 Å². The molecule has 3 N–H and O–H groups in total. The molecule has 0 bridgehead atoms. The lowest BCUT2D eigenvalue weighted by Crippen LogP contribution is -2.29. The second-order valence-electron chi connectivity index (χ2n) is 4.93. The standard InChI is InChI=1S/C14H16N6O/c1-3-9(18-14(21)12-7-15-20-19-12)13-16-10-5-4-8(2)6-11(10)17-13/h4-7,9H,3H2,1-2H3,(H,16,17)(H,18,21)(H,15,19,20)/t9-/m0/s1. The van der Waals surface area contributed by atoms with Gasteiger partial charge in [0.1, 0.15) is 5.82 Å². The van der Waals surface area contributed by atoms with Crippen molar-refractivity contribution in [3.05, 3.63) is 41.5 Å². The first-order valence-corrected chi connectivity index (χ1v) is 6.80. The van der Waals surface area contributed by atoms with E-state index in [2.05, 4.69) is 30.7 Å². The molecule has 21 heavy (non-hydrogen) atoms. The highest BCUT2D eigenvalue weighted by Crippen LogP contribution is 2.19. The van der Waals surface area contributed by atoms with Crippen molar-refractivity contribution in [2.24, 2.45) is 0 Å². The Labute approximate surface area is 121 Å². The second kappa shape index (κ2) is 5.35. The quantitative estimate of drug-likeness (QED) is 0.681. The predicted octanol–water partition coefficient (Wildman–Crippen LogP) is 1.87. The molecule has 108 valence electrons. The maximum absolute atomic E-state index is 12.0. The van der Waals surface area contributed by atoms with E-state index in [4.69, 9.17) is 0 Å². The predicted molar refractivity (Wildman–Crippen MR) is 77.7 cm³/mol. The van der Waals surface area contributed by atoms with Gasteiger partial charge in [-0.1, -0.05) is 13.0 Å². The Hall–Kier alpha value is -2.70. The summed E-state index contributed by atoms with van der Waals surface area (Å²) >= 11 is 0. The molecule has 7 heteroatoms. The Balaban J connectivity index is 1.86. The van der Waals surface area contributed by atoms with E-state index in [1.807, 2.05) is 32.0 Å². The number of hydrogen-bond acceptors (Lipinski definition) is 4. The summed E-state index contributed by atoms with van der Waals surface area (Å²) in [6, 6.07) is 5.83. The van der Waals surface area contributed by atoms with Crippen LogP contribution in [-0.4, -0.2) is 31.3 Å². The fourth-order valence-corrected chi connectivity index (χ4v) is 2.22. The molecule has 2 heterocycles. The number of carbonyl (C=O) groups excluding carboxylic acids is 1. The molecule has 0 saturated carbocycles. The lowest BCUT2D eigenvalue weighted by molar-refractivity contribution is 0.0929. The van der Waals surface area contributed by atoms with E-state index in [0.717, 1.165) is 28.8 Å². The number of carbonyl (C=O) groups is 1. The highest BCUT2D eigenvalue weighted by molar-refractivity contribution is 5.92. The first-order chi connectivity index (χ1) is 10.2. The number of nitrogens with one attached hydrogen (secondary N) is 3. The van der Waals surface area contributed by atoms with E-state index in [1.165, 1.54) is 6.20 Å². The molecule has 1 amide bonds. The number of aryl methyl sites for hydroxylation is 1. The molecule has 3 rings (SSSR count).